The molecule has 0 bridgehead atoms. The van der Waals surface area contributed by atoms with Gasteiger partial charge >= 0.3 is 6.18 Å². The van der Waals surface area contributed by atoms with E-state index in [1.165, 1.54) is 0 Å². The molecular weight excluding hydrogens is 272 g/mol. The molecule has 0 atom stereocenters. The monoisotopic (exact) mass is 288 g/mol. The molecule has 0 radical (unpaired) electrons. The van der Waals surface area contributed by atoms with E-state index in [4.69, 9.17) is 0 Å². The fourth-order valence-corrected chi connectivity index (χ4v) is 1.80. The molecule has 0 aliphatic heterocycles. The van der Waals surface area contributed by atoms with Crippen molar-refractivity contribution < 1.29 is 22.4 Å². The lowest BCUT2D eigenvalue weighted by atomic mass is 10.0. The largest absolute Gasteiger partial charge is 0.416 e. The smallest absolute Gasteiger partial charge is 0.294 e. The summed E-state index contributed by atoms with van der Waals surface area (Å²) in [5.41, 5.74) is -1.49. The van der Waals surface area contributed by atoms with Gasteiger partial charge in [0.2, 0.25) is 0 Å². The first-order valence-electron chi connectivity index (χ1n) is 6.37. The lowest BCUT2D eigenvalue weighted by molar-refractivity contribution is -0.137. The third kappa shape index (κ3) is 4.79. The van der Waals surface area contributed by atoms with E-state index in [2.05, 4.69) is 6.58 Å². The SMILES string of the molecule is C=CCCCCCC(=O)c1cc(C(F)(F)F)ccc1F. The number of ketones is 1. The molecule has 1 aromatic rings. The second-order valence-corrected chi connectivity index (χ2v) is 4.50. The Hall–Kier alpha value is -1.65. The van der Waals surface area contributed by atoms with Crippen LogP contribution in [0.15, 0.2) is 30.9 Å². The van der Waals surface area contributed by atoms with Crippen molar-refractivity contribution in [2.75, 3.05) is 0 Å². The molecular formula is C15H16F4O. The molecule has 110 valence electrons. The van der Waals surface area contributed by atoms with Crippen molar-refractivity contribution in [1.82, 2.24) is 0 Å². The van der Waals surface area contributed by atoms with Crippen LogP contribution >= 0.6 is 0 Å². The summed E-state index contributed by atoms with van der Waals surface area (Å²) in [5, 5.41) is 0. The third-order valence-corrected chi connectivity index (χ3v) is 2.91. The Balaban J connectivity index is 2.70. The molecule has 0 fully saturated rings. The van der Waals surface area contributed by atoms with E-state index in [0.717, 1.165) is 19.3 Å². The number of hydrogen-bond acceptors (Lipinski definition) is 1. The number of rotatable bonds is 7. The van der Waals surface area contributed by atoms with Crippen LogP contribution in [0.1, 0.15) is 48.0 Å². The fourth-order valence-electron chi connectivity index (χ4n) is 1.80. The minimum Gasteiger partial charge on any atom is -0.294 e. The number of carbonyl (C=O) groups excluding carboxylic acids is 1. The number of hydrogen-bond donors (Lipinski definition) is 0. The lowest BCUT2D eigenvalue weighted by Gasteiger charge is -2.09. The summed E-state index contributed by atoms with van der Waals surface area (Å²) >= 11 is 0. The van der Waals surface area contributed by atoms with Gasteiger partial charge in [-0.1, -0.05) is 12.5 Å². The van der Waals surface area contributed by atoms with E-state index >= 15 is 0 Å². The maximum Gasteiger partial charge on any atom is 0.416 e. The van der Waals surface area contributed by atoms with E-state index in [-0.39, 0.29) is 6.42 Å². The van der Waals surface area contributed by atoms with Crippen molar-refractivity contribution in [3.8, 4) is 0 Å². The molecule has 20 heavy (non-hydrogen) atoms. The summed E-state index contributed by atoms with van der Waals surface area (Å²) in [6.45, 7) is 3.56. The third-order valence-electron chi connectivity index (χ3n) is 2.91. The van der Waals surface area contributed by atoms with Gasteiger partial charge in [0.1, 0.15) is 5.82 Å². The van der Waals surface area contributed by atoms with Gasteiger partial charge in [-0.25, -0.2) is 4.39 Å². The second-order valence-electron chi connectivity index (χ2n) is 4.50. The minimum absolute atomic E-state index is 0.0510. The summed E-state index contributed by atoms with van der Waals surface area (Å²) in [6.07, 6.45) is 0.213. The van der Waals surface area contributed by atoms with Gasteiger partial charge in [0.05, 0.1) is 11.1 Å². The van der Waals surface area contributed by atoms with Crippen LogP contribution in [0, 0.1) is 5.82 Å². The highest BCUT2D eigenvalue weighted by atomic mass is 19.4. The number of allylic oxidation sites excluding steroid dienone is 1. The van der Waals surface area contributed by atoms with Crippen molar-refractivity contribution in [2.45, 2.75) is 38.3 Å². The molecule has 0 saturated heterocycles. The average molecular weight is 288 g/mol. The molecule has 0 spiro atoms. The van der Waals surface area contributed by atoms with Gasteiger partial charge in [-0.05, 0) is 37.5 Å². The molecule has 0 aliphatic rings. The van der Waals surface area contributed by atoms with E-state index < -0.39 is 28.9 Å². The zero-order valence-electron chi connectivity index (χ0n) is 11.0. The lowest BCUT2D eigenvalue weighted by Crippen LogP contribution is -2.09. The maximum absolute atomic E-state index is 13.4. The summed E-state index contributed by atoms with van der Waals surface area (Å²) < 4.78 is 51.0. The highest BCUT2D eigenvalue weighted by molar-refractivity contribution is 5.96. The first-order chi connectivity index (χ1) is 9.36. The van der Waals surface area contributed by atoms with Crippen LogP contribution in [0.3, 0.4) is 0 Å². The molecule has 0 aromatic heterocycles. The highest BCUT2D eigenvalue weighted by Gasteiger charge is 2.31. The summed E-state index contributed by atoms with van der Waals surface area (Å²) in [6, 6.07) is 1.91. The van der Waals surface area contributed by atoms with Gasteiger partial charge in [0.25, 0.3) is 0 Å². The van der Waals surface area contributed by atoms with Gasteiger partial charge in [0.15, 0.2) is 5.78 Å². The Morgan fingerprint density at radius 2 is 1.90 bits per heavy atom. The first-order valence-corrected chi connectivity index (χ1v) is 6.37. The Morgan fingerprint density at radius 3 is 2.50 bits per heavy atom. The van der Waals surface area contributed by atoms with Crippen molar-refractivity contribution in [2.24, 2.45) is 0 Å². The van der Waals surface area contributed by atoms with Crippen molar-refractivity contribution in [1.29, 1.82) is 0 Å². The molecule has 1 aromatic carbocycles. The topological polar surface area (TPSA) is 17.1 Å². The van der Waals surface area contributed by atoms with Gasteiger partial charge in [-0.2, -0.15) is 13.2 Å². The van der Waals surface area contributed by atoms with Crippen LogP contribution in [0.4, 0.5) is 17.6 Å². The molecule has 0 unspecified atom stereocenters. The van der Waals surface area contributed by atoms with Crippen molar-refractivity contribution in [3.05, 3.63) is 47.8 Å². The van der Waals surface area contributed by atoms with E-state index in [9.17, 15) is 22.4 Å². The summed E-state index contributed by atoms with van der Waals surface area (Å²) in [5.74, 6) is -1.50. The number of Topliss-reactive ketones (excluding diaryl/α,β-unsaturated/α-hetero) is 1. The Morgan fingerprint density at radius 1 is 1.20 bits per heavy atom. The van der Waals surface area contributed by atoms with Crippen LogP contribution in [0.25, 0.3) is 0 Å². The number of alkyl halides is 3. The zero-order valence-corrected chi connectivity index (χ0v) is 11.0. The second kappa shape index (κ2) is 7.22. The molecule has 1 rings (SSSR count). The molecule has 0 aliphatic carbocycles. The normalized spacial score (nSPS) is 11.4. The fraction of sp³-hybridized carbons (Fsp3) is 0.400. The summed E-state index contributed by atoms with van der Waals surface area (Å²) in [7, 11) is 0. The van der Waals surface area contributed by atoms with Crippen LogP contribution in [-0.4, -0.2) is 5.78 Å². The van der Waals surface area contributed by atoms with E-state index in [1.807, 2.05) is 0 Å². The summed E-state index contributed by atoms with van der Waals surface area (Å²) in [4.78, 5) is 11.7. The first kappa shape index (κ1) is 16.4. The molecule has 5 heteroatoms. The Bertz CT molecular complexity index is 477. The Kier molecular flexibility index (Phi) is 5.92. The molecule has 0 N–H and O–H groups in total. The predicted molar refractivity (Wildman–Crippen MR) is 69.0 cm³/mol. The van der Waals surface area contributed by atoms with Gasteiger partial charge < -0.3 is 0 Å². The van der Waals surface area contributed by atoms with Crippen LogP contribution in [-0.2, 0) is 6.18 Å². The van der Waals surface area contributed by atoms with Gasteiger partial charge in [-0.3, -0.25) is 4.79 Å². The molecule has 1 nitrogen and oxygen atoms in total. The number of benzene rings is 1. The standard InChI is InChI=1S/C15H16F4O/c1-2-3-4-5-6-7-14(20)12-10-11(15(17,18)19)8-9-13(12)16/h2,8-10H,1,3-7H2. The maximum atomic E-state index is 13.4. The highest BCUT2D eigenvalue weighted by Crippen LogP contribution is 2.30. The minimum atomic E-state index is -4.58. The van der Waals surface area contributed by atoms with Crippen LogP contribution in [0.2, 0.25) is 0 Å². The quantitative estimate of drug-likeness (QED) is 0.293. The van der Waals surface area contributed by atoms with Crippen LogP contribution in [0.5, 0.6) is 0 Å². The van der Waals surface area contributed by atoms with Crippen molar-refractivity contribution in [3.63, 3.8) is 0 Å². The Labute approximate surface area is 115 Å². The molecule has 0 heterocycles. The number of unbranched alkanes of at least 4 members (excludes halogenated alkanes) is 3. The predicted octanol–water partition coefficient (Wildman–Crippen LogP) is 5.16. The molecule has 0 amide bonds. The van der Waals surface area contributed by atoms with E-state index in [1.54, 1.807) is 6.08 Å². The van der Waals surface area contributed by atoms with E-state index in [0.29, 0.717) is 24.6 Å². The van der Waals surface area contributed by atoms with Gasteiger partial charge in [0, 0.05) is 6.42 Å². The number of carbonyl (C=O) groups is 1. The molecule has 0 saturated carbocycles. The number of halogens is 4. The zero-order chi connectivity index (χ0) is 15.2. The average Bonchev–Trinajstić information content (AvgIpc) is 2.37. The van der Waals surface area contributed by atoms with Crippen molar-refractivity contribution >= 4 is 5.78 Å². The van der Waals surface area contributed by atoms with Crippen LogP contribution < -0.4 is 0 Å². The van der Waals surface area contributed by atoms with Gasteiger partial charge in [-0.15, -0.1) is 6.58 Å².